The maximum absolute atomic E-state index is 16.2. The molecule has 1 fully saturated rings. The molecule has 0 aliphatic heterocycles. The van der Waals surface area contributed by atoms with Crippen LogP contribution in [-0.2, 0) is 18.8 Å². The van der Waals surface area contributed by atoms with Gasteiger partial charge in [0.2, 0.25) is 5.69 Å². The van der Waals surface area contributed by atoms with E-state index in [1.165, 1.54) is 6.07 Å². The van der Waals surface area contributed by atoms with Gasteiger partial charge in [-0.15, -0.1) is 0 Å². The molecular formula is C37H39FNO+. The summed E-state index contributed by atoms with van der Waals surface area (Å²) in [5.74, 6) is -1.19. The van der Waals surface area contributed by atoms with E-state index in [9.17, 15) is 4.11 Å². The van der Waals surface area contributed by atoms with E-state index in [2.05, 4.69) is 37.5 Å². The van der Waals surface area contributed by atoms with Crippen LogP contribution in [0.25, 0.3) is 44.3 Å². The predicted molar refractivity (Wildman–Crippen MR) is 162 cm³/mol. The van der Waals surface area contributed by atoms with Crippen molar-refractivity contribution in [2.75, 3.05) is 0 Å². The number of halogens is 1. The fourth-order valence-corrected chi connectivity index (χ4v) is 7.20. The van der Waals surface area contributed by atoms with Gasteiger partial charge in [-0.25, -0.2) is 8.96 Å². The summed E-state index contributed by atoms with van der Waals surface area (Å²) in [6.45, 7) is 6.38. The highest BCUT2D eigenvalue weighted by molar-refractivity contribution is 6.13. The number of rotatable bonds is 3. The number of benzene rings is 3. The van der Waals surface area contributed by atoms with Gasteiger partial charge in [-0.05, 0) is 96.3 Å². The van der Waals surface area contributed by atoms with Crippen LogP contribution in [0.1, 0.15) is 91.1 Å². The van der Waals surface area contributed by atoms with Crippen molar-refractivity contribution in [1.29, 1.82) is 0 Å². The Balaban J connectivity index is 1.57. The van der Waals surface area contributed by atoms with Crippen molar-refractivity contribution in [1.82, 2.24) is 0 Å². The molecule has 3 aromatic carbocycles. The molecule has 204 valence electrons. The number of furan rings is 1. The van der Waals surface area contributed by atoms with Crippen LogP contribution < -0.4 is 4.57 Å². The standard InChI is InChI=1S/C37H39FNO/c1-23-15-16-28-29-19-20-30(38)33(36(29)40-35(28)32(23)31-14-8-9-22-39(31)4)26-18-17-25(24-11-6-5-7-12-24)34-27(26)13-10-21-37(34,2)3/h8-9,14-20,22,24H,5-7,10-13,21H2,1-4H3/q+1/i13D2,24D. The highest BCUT2D eigenvalue weighted by Crippen LogP contribution is 2.49. The molecule has 3 heteroatoms. The zero-order valence-electron chi connectivity index (χ0n) is 27.0. The Morgan fingerprint density at radius 1 is 0.925 bits per heavy atom. The van der Waals surface area contributed by atoms with Gasteiger partial charge in [-0.3, -0.25) is 0 Å². The summed E-state index contributed by atoms with van der Waals surface area (Å²) < 4.78 is 53.1. The highest BCUT2D eigenvalue weighted by atomic mass is 19.1. The Bertz CT molecular complexity index is 1920. The molecule has 2 aliphatic carbocycles. The van der Waals surface area contributed by atoms with Crippen LogP contribution in [0.5, 0.6) is 0 Å². The second-order valence-corrected chi connectivity index (χ2v) is 12.4. The topological polar surface area (TPSA) is 17.0 Å². The summed E-state index contributed by atoms with van der Waals surface area (Å²) in [5, 5.41) is 1.71. The number of fused-ring (bicyclic) bond motifs is 4. The van der Waals surface area contributed by atoms with E-state index in [0.717, 1.165) is 70.8 Å². The lowest BCUT2D eigenvalue weighted by Gasteiger charge is -2.38. The van der Waals surface area contributed by atoms with E-state index in [0.29, 0.717) is 40.7 Å². The molecule has 40 heavy (non-hydrogen) atoms. The Hall–Kier alpha value is -3.46. The van der Waals surface area contributed by atoms with Crippen LogP contribution in [0.2, 0.25) is 0 Å². The minimum Gasteiger partial charge on any atom is -0.454 e. The Morgan fingerprint density at radius 3 is 2.45 bits per heavy atom. The van der Waals surface area contributed by atoms with Gasteiger partial charge < -0.3 is 4.42 Å². The monoisotopic (exact) mass is 535 g/mol. The van der Waals surface area contributed by atoms with Crippen LogP contribution in [0.3, 0.4) is 0 Å². The summed E-state index contributed by atoms with van der Waals surface area (Å²) in [6, 6.07) is 17.3. The molecule has 0 atom stereocenters. The van der Waals surface area contributed by atoms with Crippen molar-refractivity contribution >= 4 is 21.9 Å². The summed E-state index contributed by atoms with van der Waals surface area (Å²) in [4.78, 5) is 0. The molecule has 2 aliphatic rings. The van der Waals surface area contributed by atoms with E-state index in [1.807, 2.05) is 43.6 Å². The quantitative estimate of drug-likeness (QED) is 0.210. The molecule has 2 nitrogen and oxygen atoms in total. The van der Waals surface area contributed by atoms with Gasteiger partial charge in [0.25, 0.3) is 0 Å². The summed E-state index contributed by atoms with van der Waals surface area (Å²) in [5.41, 5.74) is 7.03. The molecule has 0 spiro atoms. The maximum atomic E-state index is 16.2. The second kappa shape index (κ2) is 9.58. The molecule has 0 N–H and O–H groups in total. The fourth-order valence-electron chi connectivity index (χ4n) is 7.20. The summed E-state index contributed by atoms with van der Waals surface area (Å²) in [6.07, 6.45) is 6.03. The summed E-state index contributed by atoms with van der Waals surface area (Å²) in [7, 11) is 2.00. The first-order valence-electron chi connectivity index (χ1n) is 16.2. The van der Waals surface area contributed by atoms with Crippen LogP contribution in [0.15, 0.2) is 65.2 Å². The minimum atomic E-state index is -1.67. The van der Waals surface area contributed by atoms with Crippen molar-refractivity contribution < 1.29 is 17.5 Å². The number of hydrogen-bond donors (Lipinski definition) is 0. The van der Waals surface area contributed by atoms with Crippen molar-refractivity contribution in [3.8, 4) is 22.4 Å². The molecule has 5 aromatic rings. The molecular weight excluding hydrogens is 493 g/mol. The lowest BCUT2D eigenvalue weighted by molar-refractivity contribution is -0.660. The number of hydrogen-bond acceptors (Lipinski definition) is 1. The van der Waals surface area contributed by atoms with Crippen molar-refractivity contribution in [2.24, 2.45) is 7.05 Å². The molecule has 0 amide bonds. The average molecular weight is 536 g/mol. The first kappa shape index (κ1) is 22.3. The third kappa shape index (κ3) is 3.92. The van der Waals surface area contributed by atoms with E-state index in [4.69, 9.17) is 4.42 Å². The molecule has 0 radical (unpaired) electrons. The van der Waals surface area contributed by atoms with E-state index >= 15 is 4.39 Å². The minimum absolute atomic E-state index is 0.307. The molecule has 7 rings (SSSR count). The van der Waals surface area contributed by atoms with Crippen LogP contribution in [0.4, 0.5) is 4.39 Å². The Kier molecular flexibility index (Phi) is 5.33. The summed E-state index contributed by atoms with van der Waals surface area (Å²) >= 11 is 0. The SMILES string of the molecule is [2H]C1([2H])CCC(C)(C)c2c(C3([2H])CCCCC3)ccc(-c3c(F)ccc4c3oc3c(-c5cccc[n+]5C)c(C)ccc34)c21. The Labute approximate surface area is 241 Å². The van der Waals surface area contributed by atoms with Gasteiger partial charge >= 0.3 is 0 Å². The van der Waals surface area contributed by atoms with Gasteiger partial charge in [0.05, 0.1) is 11.1 Å². The number of nitrogens with zero attached hydrogens (tertiary/aromatic N) is 1. The van der Waals surface area contributed by atoms with Crippen molar-refractivity contribution in [3.63, 3.8) is 0 Å². The molecule has 1 saturated carbocycles. The van der Waals surface area contributed by atoms with Crippen LogP contribution >= 0.6 is 0 Å². The van der Waals surface area contributed by atoms with Crippen molar-refractivity contribution in [3.05, 3.63) is 88.9 Å². The highest BCUT2D eigenvalue weighted by Gasteiger charge is 2.35. The number of aryl methyl sites for hydroxylation is 2. The number of pyridine rings is 1. The van der Waals surface area contributed by atoms with Crippen molar-refractivity contribution in [2.45, 2.75) is 83.4 Å². The number of aromatic nitrogens is 1. The van der Waals surface area contributed by atoms with E-state index in [-0.39, 0.29) is 5.41 Å². The zero-order chi connectivity index (χ0) is 30.3. The Morgan fingerprint density at radius 2 is 1.68 bits per heavy atom. The molecule has 0 unspecified atom stereocenters. The lowest BCUT2D eigenvalue weighted by Crippen LogP contribution is -2.30. The fraction of sp³-hybridized carbons (Fsp3) is 0.378. The van der Waals surface area contributed by atoms with Gasteiger partial charge in [0.15, 0.2) is 6.20 Å². The van der Waals surface area contributed by atoms with Gasteiger partial charge in [-0.2, -0.15) is 0 Å². The van der Waals surface area contributed by atoms with Crippen LogP contribution in [-0.4, -0.2) is 0 Å². The van der Waals surface area contributed by atoms with E-state index < -0.39 is 18.1 Å². The molecule has 0 bridgehead atoms. The predicted octanol–water partition coefficient (Wildman–Crippen LogP) is 9.85. The van der Waals surface area contributed by atoms with Crippen LogP contribution in [0, 0.1) is 12.7 Å². The largest absolute Gasteiger partial charge is 0.454 e. The van der Waals surface area contributed by atoms with Gasteiger partial charge in [0, 0.05) is 27.0 Å². The molecule has 2 heterocycles. The third-order valence-electron chi connectivity index (χ3n) is 9.32. The maximum Gasteiger partial charge on any atom is 0.216 e. The molecule has 2 aromatic heterocycles. The van der Waals surface area contributed by atoms with E-state index in [1.54, 1.807) is 6.07 Å². The average Bonchev–Trinajstić information content (AvgIpc) is 3.34. The third-order valence-corrected chi connectivity index (χ3v) is 9.32. The van der Waals surface area contributed by atoms with Gasteiger partial charge in [0.1, 0.15) is 24.0 Å². The first-order chi connectivity index (χ1) is 20.4. The molecule has 0 saturated heterocycles. The van der Waals surface area contributed by atoms with Gasteiger partial charge in [-0.1, -0.05) is 57.4 Å². The zero-order valence-corrected chi connectivity index (χ0v) is 24.0. The lowest BCUT2D eigenvalue weighted by atomic mass is 9.66. The first-order valence-corrected chi connectivity index (χ1v) is 14.7. The smallest absolute Gasteiger partial charge is 0.216 e. The second-order valence-electron chi connectivity index (χ2n) is 12.4. The normalized spacial score (nSPS) is 20.6.